The van der Waals surface area contributed by atoms with Crippen molar-refractivity contribution in [2.45, 2.75) is 57.7 Å². The average molecular weight is 405 g/mol. The maximum absolute atomic E-state index is 14.0. The number of hydrogen-bond acceptors (Lipinski definition) is 3. The molecule has 0 bridgehead atoms. The molecule has 0 radical (unpaired) electrons. The number of hydrogen-bond donors (Lipinski definition) is 1. The summed E-state index contributed by atoms with van der Waals surface area (Å²) < 4.78 is 61.0. The van der Waals surface area contributed by atoms with Gasteiger partial charge < -0.3 is 9.84 Å². The molecule has 0 saturated carbocycles. The summed E-state index contributed by atoms with van der Waals surface area (Å²) in [5, 5.41) is 10.8. The number of β-amino-alcohol motifs (C(OH)–C–C–N with tert-alkyl or cyclic N) is 1. The van der Waals surface area contributed by atoms with Gasteiger partial charge in [0.05, 0.1) is 7.11 Å². The number of aliphatic hydroxyl groups is 1. The Hall–Kier alpha value is -1.34. The first-order valence-electron chi connectivity index (χ1n) is 9.63. The van der Waals surface area contributed by atoms with Crippen LogP contribution in [0.25, 0.3) is 0 Å². The Labute approximate surface area is 164 Å². The lowest BCUT2D eigenvalue weighted by Gasteiger charge is -2.43. The van der Waals surface area contributed by atoms with E-state index in [1.807, 2.05) is 13.8 Å². The molecule has 1 heterocycles. The largest absolute Gasteiger partial charge is 0.496 e. The number of likely N-dealkylation sites (tertiary alicyclic amines) is 1. The van der Waals surface area contributed by atoms with E-state index in [9.17, 15) is 22.7 Å². The fourth-order valence-electron chi connectivity index (χ4n) is 4.57. The summed E-state index contributed by atoms with van der Waals surface area (Å²) in [6.07, 6.45) is -4.44. The molecule has 3 atom stereocenters. The van der Waals surface area contributed by atoms with Crippen molar-refractivity contribution in [1.82, 2.24) is 4.90 Å². The number of halogens is 4. The molecule has 3 nitrogen and oxygen atoms in total. The molecule has 2 rings (SSSR count). The summed E-state index contributed by atoms with van der Waals surface area (Å²) >= 11 is 0. The number of ether oxygens (including phenoxy) is 1. The highest BCUT2D eigenvalue weighted by atomic mass is 19.4. The highest BCUT2D eigenvalue weighted by Crippen LogP contribution is 2.44. The van der Waals surface area contributed by atoms with Gasteiger partial charge >= 0.3 is 6.18 Å². The standard InChI is InChI=1S/C21H31F4NO2/c1-14-8-15(2)11-26(10-14)13-20(27,21(23,24)25)12-19(3,4)17-9-16(22)6-7-18(17)28-5/h6-7,9,14-15,27H,8,10-13H2,1-5H3. The van der Waals surface area contributed by atoms with E-state index in [4.69, 9.17) is 4.74 Å². The van der Waals surface area contributed by atoms with Crippen LogP contribution in [0.3, 0.4) is 0 Å². The molecule has 0 aliphatic carbocycles. The molecule has 0 spiro atoms. The highest BCUT2D eigenvalue weighted by Gasteiger charge is 2.57. The van der Waals surface area contributed by atoms with Gasteiger partial charge in [-0.25, -0.2) is 4.39 Å². The van der Waals surface area contributed by atoms with Crippen molar-refractivity contribution in [2.24, 2.45) is 11.8 Å². The first-order valence-corrected chi connectivity index (χ1v) is 9.63. The van der Waals surface area contributed by atoms with Crippen molar-refractivity contribution in [3.63, 3.8) is 0 Å². The minimum absolute atomic E-state index is 0.276. The number of rotatable bonds is 6. The van der Waals surface area contributed by atoms with Crippen LogP contribution >= 0.6 is 0 Å². The molecule has 1 aliphatic rings. The number of nitrogens with zero attached hydrogens (tertiary/aromatic N) is 1. The van der Waals surface area contributed by atoms with Gasteiger partial charge in [0.2, 0.25) is 0 Å². The third-order valence-electron chi connectivity index (χ3n) is 5.58. The molecule has 1 aliphatic heterocycles. The molecule has 7 heteroatoms. The summed E-state index contributed by atoms with van der Waals surface area (Å²) in [5.74, 6) is 0.296. The van der Waals surface area contributed by atoms with Crippen molar-refractivity contribution in [1.29, 1.82) is 0 Å². The predicted octanol–water partition coefficient (Wildman–Crippen LogP) is 4.77. The maximum Gasteiger partial charge on any atom is 0.418 e. The maximum atomic E-state index is 14.0. The van der Waals surface area contributed by atoms with Crippen LogP contribution in [0.2, 0.25) is 0 Å². The van der Waals surface area contributed by atoms with Crippen molar-refractivity contribution in [2.75, 3.05) is 26.7 Å². The third kappa shape index (κ3) is 5.17. The first kappa shape index (κ1) is 22.9. The normalized spacial score (nSPS) is 24.1. The van der Waals surface area contributed by atoms with Gasteiger partial charge in [-0.15, -0.1) is 0 Å². The lowest BCUT2D eigenvalue weighted by atomic mass is 9.74. The van der Waals surface area contributed by atoms with E-state index in [0.29, 0.717) is 24.4 Å². The lowest BCUT2D eigenvalue weighted by molar-refractivity contribution is -0.272. The van der Waals surface area contributed by atoms with Gasteiger partial charge in [0.15, 0.2) is 5.60 Å². The van der Waals surface area contributed by atoms with Crippen LogP contribution in [-0.2, 0) is 5.41 Å². The SMILES string of the molecule is COc1ccc(F)cc1C(C)(C)CC(O)(CN1CC(C)CC(C)C1)C(F)(F)F. The highest BCUT2D eigenvalue weighted by molar-refractivity contribution is 5.39. The summed E-state index contributed by atoms with van der Waals surface area (Å²) in [4.78, 5) is 1.70. The number of methoxy groups -OCH3 is 1. The zero-order valence-corrected chi connectivity index (χ0v) is 17.2. The molecular formula is C21H31F4NO2. The first-order chi connectivity index (χ1) is 12.8. The third-order valence-corrected chi connectivity index (χ3v) is 5.58. The van der Waals surface area contributed by atoms with Crippen LogP contribution in [0.5, 0.6) is 5.75 Å². The Morgan fingerprint density at radius 1 is 1.14 bits per heavy atom. The minimum atomic E-state index is -4.81. The van der Waals surface area contributed by atoms with Gasteiger partial charge in [0.25, 0.3) is 0 Å². The fourth-order valence-corrected chi connectivity index (χ4v) is 4.57. The van der Waals surface area contributed by atoms with E-state index in [0.717, 1.165) is 6.42 Å². The van der Waals surface area contributed by atoms with Crippen LogP contribution in [0.1, 0.15) is 46.1 Å². The molecule has 1 fully saturated rings. The molecule has 1 aromatic carbocycles. The van der Waals surface area contributed by atoms with Gasteiger partial charge in [0, 0.05) is 25.2 Å². The van der Waals surface area contributed by atoms with Gasteiger partial charge in [-0.1, -0.05) is 27.7 Å². The molecule has 3 unspecified atom stereocenters. The van der Waals surface area contributed by atoms with Crippen LogP contribution in [0.15, 0.2) is 18.2 Å². The quantitative estimate of drug-likeness (QED) is 0.692. The Kier molecular flexibility index (Phi) is 6.71. The van der Waals surface area contributed by atoms with E-state index in [1.54, 1.807) is 18.7 Å². The lowest BCUT2D eigenvalue weighted by Crippen LogP contribution is -2.58. The Morgan fingerprint density at radius 2 is 1.71 bits per heavy atom. The second-order valence-electron chi connectivity index (χ2n) is 9.07. The van der Waals surface area contributed by atoms with Crippen LogP contribution < -0.4 is 4.74 Å². The molecule has 1 saturated heterocycles. The molecule has 0 amide bonds. The zero-order chi connectivity index (χ0) is 21.3. The topological polar surface area (TPSA) is 32.7 Å². The van der Waals surface area contributed by atoms with Crippen LogP contribution in [0.4, 0.5) is 17.6 Å². The summed E-state index contributed by atoms with van der Waals surface area (Å²) in [6, 6.07) is 3.78. The van der Waals surface area contributed by atoms with Crippen molar-refractivity contribution >= 4 is 0 Å². The van der Waals surface area contributed by atoms with Crippen molar-refractivity contribution < 1.29 is 27.4 Å². The Balaban J connectivity index is 2.34. The Bertz CT molecular complexity index is 667. The van der Waals surface area contributed by atoms with E-state index < -0.39 is 36.0 Å². The summed E-state index contributed by atoms with van der Waals surface area (Å²) in [7, 11) is 1.39. The van der Waals surface area contributed by atoms with E-state index in [-0.39, 0.29) is 11.8 Å². The number of piperidine rings is 1. The molecule has 1 N–H and O–H groups in total. The van der Waals surface area contributed by atoms with Crippen LogP contribution in [-0.4, -0.2) is 48.5 Å². The van der Waals surface area contributed by atoms with Crippen molar-refractivity contribution in [3.8, 4) is 5.75 Å². The average Bonchev–Trinajstić information content (AvgIpc) is 2.52. The molecule has 160 valence electrons. The van der Waals surface area contributed by atoms with Crippen molar-refractivity contribution in [3.05, 3.63) is 29.6 Å². The monoisotopic (exact) mass is 405 g/mol. The smallest absolute Gasteiger partial charge is 0.418 e. The second-order valence-corrected chi connectivity index (χ2v) is 9.07. The van der Waals surface area contributed by atoms with Gasteiger partial charge in [0.1, 0.15) is 11.6 Å². The Morgan fingerprint density at radius 3 is 2.21 bits per heavy atom. The summed E-state index contributed by atoms with van der Waals surface area (Å²) in [6.45, 7) is 7.71. The van der Waals surface area contributed by atoms with Crippen LogP contribution in [0, 0.1) is 17.7 Å². The fraction of sp³-hybridized carbons (Fsp3) is 0.714. The molecule has 1 aromatic rings. The van der Waals surface area contributed by atoms with E-state index in [1.165, 1.54) is 25.3 Å². The minimum Gasteiger partial charge on any atom is -0.496 e. The zero-order valence-electron chi connectivity index (χ0n) is 17.2. The van der Waals surface area contributed by atoms with Gasteiger partial charge in [-0.05, 0) is 48.3 Å². The molecule has 0 aromatic heterocycles. The van der Waals surface area contributed by atoms with Gasteiger partial charge in [-0.3, -0.25) is 4.90 Å². The van der Waals surface area contributed by atoms with E-state index in [2.05, 4.69) is 0 Å². The van der Waals surface area contributed by atoms with E-state index >= 15 is 0 Å². The molecular weight excluding hydrogens is 374 g/mol. The predicted molar refractivity (Wildman–Crippen MR) is 101 cm³/mol. The second kappa shape index (κ2) is 8.19. The number of alkyl halides is 3. The number of benzene rings is 1. The molecule has 28 heavy (non-hydrogen) atoms. The summed E-state index contributed by atoms with van der Waals surface area (Å²) in [5.41, 5.74) is -3.77. The van der Waals surface area contributed by atoms with Gasteiger partial charge in [-0.2, -0.15) is 13.2 Å².